The largest absolute Gasteiger partial charge is 0.455 e. The van der Waals surface area contributed by atoms with E-state index in [0.717, 1.165) is 22.0 Å². The van der Waals surface area contributed by atoms with Gasteiger partial charge in [0.25, 0.3) is 0 Å². The topological polar surface area (TPSA) is 39.2 Å². The molecule has 112 valence electrons. The van der Waals surface area contributed by atoms with Gasteiger partial charge in [0.05, 0.1) is 5.69 Å². The quantitative estimate of drug-likeness (QED) is 0.651. The molecule has 3 rings (SSSR count). The lowest BCUT2D eigenvalue weighted by atomic mass is 10.1. The van der Waals surface area contributed by atoms with Crippen molar-refractivity contribution in [1.82, 2.24) is 4.98 Å². The summed E-state index contributed by atoms with van der Waals surface area (Å²) in [6, 6.07) is 14.1. The predicted molar refractivity (Wildman–Crippen MR) is 89.3 cm³/mol. The minimum atomic E-state index is -0.357. The van der Waals surface area contributed by atoms with Crippen molar-refractivity contribution in [3.05, 3.63) is 64.1 Å². The lowest BCUT2D eigenvalue weighted by molar-refractivity contribution is 0.0473. The SMILES string of the molecule is CC(C)c1csc(C(=O)OCc2cccc3ccccc23)n1. The van der Waals surface area contributed by atoms with Crippen LogP contribution in [0.2, 0.25) is 0 Å². The fraction of sp³-hybridized carbons (Fsp3) is 0.222. The molecular weight excluding hydrogens is 294 g/mol. The molecule has 4 heteroatoms. The molecule has 0 N–H and O–H groups in total. The Hall–Kier alpha value is -2.20. The number of hydrogen-bond acceptors (Lipinski definition) is 4. The van der Waals surface area contributed by atoms with Crippen LogP contribution in [0.15, 0.2) is 47.8 Å². The molecule has 0 saturated carbocycles. The van der Waals surface area contributed by atoms with Gasteiger partial charge in [-0.3, -0.25) is 0 Å². The van der Waals surface area contributed by atoms with Crippen LogP contribution in [-0.4, -0.2) is 11.0 Å². The van der Waals surface area contributed by atoms with E-state index in [-0.39, 0.29) is 12.6 Å². The van der Waals surface area contributed by atoms with Gasteiger partial charge in [-0.15, -0.1) is 11.3 Å². The average Bonchev–Trinajstić information content (AvgIpc) is 3.03. The van der Waals surface area contributed by atoms with Gasteiger partial charge in [0.2, 0.25) is 5.01 Å². The number of carbonyl (C=O) groups excluding carboxylic acids is 1. The Morgan fingerprint density at radius 1 is 1.18 bits per heavy atom. The third-order valence-corrected chi connectivity index (χ3v) is 4.37. The highest BCUT2D eigenvalue weighted by Gasteiger charge is 2.14. The zero-order chi connectivity index (χ0) is 15.5. The third kappa shape index (κ3) is 3.02. The Labute approximate surface area is 133 Å². The number of carbonyl (C=O) groups is 1. The zero-order valence-electron chi connectivity index (χ0n) is 12.6. The standard InChI is InChI=1S/C18H17NO2S/c1-12(2)16-11-22-17(19-16)18(20)21-10-14-8-5-7-13-6-3-4-9-15(13)14/h3-9,11-12H,10H2,1-2H3. The second-order valence-corrected chi connectivity index (χ2v) is 6.30. The van der Waals surface area contributed by atoms with Crippen LogP contribution in [0.4, 0.5) is 0 Å². The Morgan fingerprint density at radius 3 is 2.73 bits per heavy atom. The Balaban J connectivity index is 1.74. The molecule has 0 atom stereocenters. The molecular formula is C18H17NO2S. The molecule has 0 bridgehead atoms. The van der Waals surface area contributed by atoms with Gasteiger partial charge < -0.3 is 4.74 Å². The van der Waals surface area contributed by atoms with Crippen LogP contribution in [0.1, 0.15) is 40.8 Å². The molecule has 0 aliphatic rings. The van der Waals surface area contributed by atoms with Crippen LogP contribution < -0.4 is 0 Å². The number of esters is 1. The second kappa shape index (κ2) is 6.28. The van der Waals surface area contributed by atoms with Gasteiger partial charge in [0, 0.05) is 5.38 Å². The van der Waals surface area contributed by atoms with Crippen molar-refractivity contribution in [2.24, 2.45) is 0 Å². The summed E-state index contributed by atoms with van der Waals surface area (Å²) in [5.41, 5.74) is 1.94. The number of ether oxygens (including phenoxy) is 1. The Kier molecular flexibility index (Phi) is 4.20. The van der Waals surface area contributed by atoms with Crippen LogP contribution in [0.5, 0.6) is 0 Å². The van der Waals surface area contributed by atoms with Gasteiger partial charge >= 0.3 is 5.97 Å². The van der Waals surface area contributed by atoms with Crippen molar-refractivity contribution >= 4 is 28.1 Å². The molecule has 0 saturated heterocycles. The first-order chi connectivity index (χ1) is 10.6. The molecule has 1 heterocycles. The highest BCUT2D eigenvalue weighted by molar-refractivity contribution is 7.11. The summed E-state index contributed by atoms with van der Waals surface area (Å²) in [5.74, 6) is -0.0410. The lowest BCUT2D eigenvalue weighted by Crippen LogP contribution is -2.05. The fourth-order valence-corrected chi connectivity index (χ4v) is 3.14. The van der Waals surface area contributed by atoms with Crippen molar-refractivity contribution in [3.63, 3.8) is 0 Å². The summed E-state index contributed by atoms with van der Waals surface area (Å²) < 4.78 is 5.42. The minimum Gasteiger partial charge on any atom is -0.455 e. The zero-order valence-corrected chi connectivity index (χ0v) is 13.4. The third-order valence-electron chi connectivity index (χ3n) is 3.53. The molecule has 0 aliphatic carbocycles. The number of hydrogen-bond donors (Lipinski definition) is 0. The summed E-state index contributed by atoms with van der Waals surface area (Å²) >= 11 is 1.34. The molecule has 3 aromatic rings. The van der Waals surface area contributed by atoms with E-state index in [9.17, 15) is 4.79 Å². The van der Waals surface area contributed by atoms with Crippen LogP contribution in [0, 0.1) is 0 Å². The van der Waals surface area contributed by atoms with E-state index < -0.39 is 0 Å². The van der Waals surface area contributed by atoms with E-state index in [1.807, 2.05) is 35.7 Å². The number of thiazole rings is 1. The maximum Gasteiger partial charge on any atom is 0.367 e. The summed E-state index contributed by atoms with van der Waals surface area (Å²) in [7, 11) is 0. The van der Waals surface area contributed by atoms with Gasteiger partial charge in [-0.2, -0.15) is 0 Å². The number of fused-ring (bicyclic) bond motifs is 1. The first-order valence-corrected chi connectivity index (χ1v) is 8.12. The van der Waals surface area contributed by atoms with Gasteiger partial charge in [-0.05, 0) is 22.3 Å². The number of aromatic nitrogens is 1. The number of rotatable bonds is 4. The molecule has 0 spiro atoms. The maximum atomic E-state index is 12.1. The normalized spacial score (nSPS) is 11.0. The number of nitrogens with zero attached hydrogens (tertiary/aromatic N) is 1. The first kappa shape index (κ1) is 14.7. The summed E-state index contributed by atoms with van der Waals surface area (Å²) in [6.07, 6.45) is 0. The Morgan fingerprint density at radius 2 is 1.95 bits per heavy atom. The van der Waals surface area contributed by atoms with Crippen molar-refractivity contribution in [3.8, 4) is 0 Å². The van der Waals surface area contributed by atoms with Crippen molar-refractivity contribution < 1.29 is 9.53 Å². The Bertz CT molecular complexity index is 802. The second-order valence-electron chi connectivity index (χ2n) is 5.45. The van der Waals surface area contributed by atoms with Crippen molar-refractivity contribution in [2.75, 3.05) is 0 Å². The van der Waals surface area contributed by atoms with Crippen LogP contribution in [0.3, 0.4) is 0 Å². The van der Waals surface area contributed by atoms with Crippen molar-refractivity contribution in [1.29, 1.82) is 0 Å². The van der Waals surface area contributed by atoms with E-state index in [1.54, 1.807) is 0 Å². The van der Waals surface area contributed by atoms with E-state index >= 15 is 0 Å². The van der Waals surface area contributed by atoms with Crippen molar-refractivity contribution in [2.45, 2.75) is 26.4 Å². The molecule has 3 nitrogen and oxygen atoms in total. The van der Waals surface area contributed by atoms with Gasteiger partial charge in [-0.1, -0.05) is 56.3 Å². The van der Waals surface area contributed by atoms with E-state index in [4.69, 9.17) is 4.74 Å². The molecule has 1 aromatic heterocycles. The predicted octanol–water partition coefficient (Wildman–Crippen LogP) is 4.78. The summed E-state index contributed by atoms with van der Waals surface area (Å²) in [4.78, 5) is 16.4. The smallest absolute Gasteiger partial charge is 0.367 e. The van der Waals surface area contributed by atoms with Crippen LogP contribution in [-0.2, 0) is 11.3 Å². The first-order valence-electron chi connectivity index (χ1n) is 7.24. The molecule has 22 heavy (non-hydrogen) atoms. The van der Waals surface area contributed by atoms with E-state index in [2.05, 4.69) is 31.0 Å². The molecule has 0 radical (unpaired) electrons. The monoisotopic (exact) mass is 311 g/mol. The highest BCUT2D eigenvalue weighted by atomic mass is 32.1. The molecule has 0 aliphatic heterocycles. The molecule has 0 fully saturated rings. The number of benzene rings is 2. The van der Waals surface area contributed by atoms with Crippen LogP contribution in [0.25, 0.3) is 10.8 Å². The molecule has 0 amide bonds. The van der Waals surface area contributed by atoms with Gasteiger partial charge in [0.1, 0.15) is 6.61 Å². The maximum absolute atomic E-state index is 12.1. The average molecular weight is 311 g/mol. The molecule has 2 aromatic carbocycles. The van der Waals surface area contributed by atoms with Crippen LogP contribution >= 0.6 is 11.3 Å². The fourth-order valence-electron chi connectivity index (χ4n) is 2.27. The van der Waals surface area contributed by atoms with Gasteiger partial charge in [0.15, 0.2) is 0 Å². The highest BCUT2D eigenvalue weighted by Crippen LogP contribution is 2.21. The molecule has 0 unspecified atom stereocenters. The van der Waals surface area contributed by atoms with E-state index in [1.165, 1.54) is 11.3 Å². The lowest BCUT2D eigenvalue weighted by Gasteiger charge is -2.07. The minimum absolute atomic E-state index is 0.261. The van der Waals surface area contributed by atoms with E-state index in [0.29, 0.717) is 10.9 Å². The summed E-state index contributed by atoms with van der Waals surface area (Å²) in [6.45, 7) is 4.37. The summed E-state index contributed by atoms with van der Waals surface area (Å²) in [5, 5.41) is 4.59. The van der Waals surface area contributed by atoms with Gasteiger partial charge in [-0.25, -0.2) is 9.78 Å².